The first-order valence-corrected chi connectivity index (χ1v) is 6.23. The predicted octanol–water partition coefficient (Wildman–Crippen LogP) is 1.64. The van der Waals surface area contributed by atoms with Gasteiger partial charge in [0.25, 0.3) is 0 Å². The second-order valence-electron chi connectivity index (χ2n) is 4.41. The number of nitrogen functional groups attached to an aromatic ring is 1. The van der Waals surface area contributed by atoms with E-state index in [4.69, 9.17) is 10.8 Å². The third kappa shape index (κ3) is 7.32. The molecule has 0 fully saturated rings. The van der Waals surface area contributed by atoms with Crippen molar-refractivity contribution in [1.29, 1.82) is 0 Å². The number of benzene rings is 1. The fourth-order valence-electron chi connectivity index (χ4n) is 1.74. The van der Waals surface area contributed by atoms with Crippen LogP contribution in [0.5, 0.6) is 0 Å². The summed E-state index contributed by atoms with van der Waals surface area (Å²) in [5.41, 5.74) is 7.22. The SMILES string of the molecule is Nc1cccc(CN(CCO)CCOCC(F)(F)F)c1. The van der Waals surface area contributed by atoms with Crippen LogP contribution in [-0.4, -0.2) is 49.1 Å². The van der Waals surface area contributed by atoms with E-state index >= 15 is 0 Å². The Morgan fingerprint density at radius 1 is 1.25 bits per heavy atom. The largest absolute Gasteiger partial charge is 0.411 e. The molecule has 0 heterocycles. The van der Waals surface area contributed by atoms with Crippen molar-refractivity contribution >= 4 is 5.69 Å². The average molecular weight is 292 g/mol. The number of halogens is 3. The molecule has 1 aromatic rings. The predicted molar refractivity (Wildman–Crippen MR) is 70.1 cm³/mol. The third-order valence-corrected chi connectivity index (χ3v) is 2.59. The van der Waals surface area contributed by atoms with E-state index in [-0.39, 0.29) is 13.2 Å². The van der Waals surface area contributed by atoms with Gasteiger partial charge in [-0.05, 0) is 17.7 Å². The van der Waals surface area contributed by atoms with Gasteiger partial charge >= 0.3 is 6.18 Å². The van der Waals surface area contributed by atoms with Gasteiger partial charge in [0.1, 0.15) is 6.61 Å². The van der Waals surface area contributed by atoms with Crippen molar-refractivity contribution in [3.63, 3.8) is 0 Å². The lowest BCUT2D eigenvalue weighted by Gasteiger charge is -2.21. The van der Waals surface area contributed by atoms with Gasteiger partial charge in [-0.1, -0.05) is 12.1 Å². The molecule has 0 saturated carbocycles. The zero-order chi connectivity index (χ0) is 15.0. The van der Waals surface area contributed by atoms with E-state index < -0.39 is 12.8 Å². The highest BCUT2D eigenvalue weighted by Crippen LogP contribution is 2.14. The number of anilines is 1. The summed E-state index contributed by atoms with van der Waals surface area (Å²) in [6.07, 6.45) is -4.31. The molecule has 0 bridgehead atoms. The lowest BCUT2D eigenvalue weighted by molar-refractivity contribution is -0.174. The molecule has 0 aromatic heterocycles. The fourth-order valence-corrected chi connectivity index (χ4v) is 1.74. The first kappa shape index (κ1) is 16.7. The highest BCUT2D eigenvalue weighted by molar-refractivity contribution is 5.40. The summed E-state index contributed by atoms with van der Waals surface area (Å²) in [6, 6.07) is 7.23. The van der Waals surface area contributed by atoms with E-state index in [0.717, 1.165) is 5.56 Å². The van der Waals surface area contributed by atoms with Crippen molar-refractivity contribution in [2.24, 2.45) is 0 Å². The molecule has 0 saturated heterocycles. The fraction of sp³-hybridized carbons (Fsp3) is 0.538. The first-order chi connectivity index (χ1) is 9.40. The van der Waals surface area contributed by atoms with Crippen LogP contribution in [0.3, 0.4) is 0 Å². The molecule has 1 rings (SSSR count). The Morgan fingerprint density at radius 2 is 2.00 bits per heavy atom. The van der Waals surface area contributed by atoms with Crippen LogP contribution >= 0.6 is 0 Å². The van der Waals surface area contributed by atoms with Gasteiger partial charge in [0.05, 0.1) is 13.2 Å². The van der Waals surface area contributed by atoms with Gasteiger partial charge in [-0.2, -0.15) is 13.2 Å². The summed E-state index contributed by atoms with van der Waals surface area (Å²) >= 11 is 0. The number of hydrogen-bond donors (Lipinski definition) is 2. The van der Waals surface area contributed by atoms with E-state index in [1.54, 1.807) is 12.1 Å². The van der Waals surface area contributed by atoms with Crippen LogP contribution in [0.2, 0.25) is 0 Å². The number of nitrogens with two attached hydrogens (primary N) is 1. The van der Waals surface area contributed by atoms with Gasteiger partial charge < -0.3 is 15.6 Å². The van der Waals surface area contributed by atoms with Crippen LogP contribution < -0.4 is 5.73 Å². The molecule has 1 aromatic carbocycles. The molecule has 0 aliphatic carbocycles. The Labute approximate surface area is 115 Å². The summed E-state index contributed by atoms with van der Waals surface area (Å²) in [5.74, 6) is 0. The number of aliphatic hydroxyl groups is 1. The first-order valence-electron chi connectivity index (χ1n) is 6.23. The molecule has 0 aliphatic rings. The van der Waals surface area contributed by atoms with Crippen LogP contribution in [0.15, 0.2) is 24.3 Å². The van der Waals surface area contributed by atoms with Crippen LogP contribution in [0, 0.1) is 0 Å². The number of ether oxygens (including phenoxy) is 1. The maximum absolute atomic E-state index is 11.9. The Morgan fingerprint density at radius 3 is 2.60 bits per heavy atom. The highest BCUT2D eigenvalue weighted by Gasteiger charge is 2.27. The smallest absolute Gasteiger partial charge is 0.399 e. The van der Waals surface area contributed by atoms with Crippen molar-refractivity contribution in [2.45, 2.75) is 12.7 Å². The molecule has 20 heavy (non-hydrogen) atoms. The molecule has 0 spiro atoms. The molecular formula is C13H19F3N2O2. The molecule has 0 amide bonds. The summed E-state index contributed by atoms with van der Waals surface area (Å²) < 4.78 is 40.3. The standard InChI is InChI=1S/C13H19F3N2O2/c14-13(15,16)10-20-7-5-18(4-6-19)9-11-2-1-3-12(17)8-11/h1-3,8,19H,4-7,9-10,17H2. The van der Waals surface area contributed by atoms with Crippen LogP contribution in [-0.2, 0) is 11.3 Å². The van der Waals surface area contributed by atoms with Gasteiger partial charge in [-0.25, -0.2) is 0 Å². The molecular weight excluding hydrogens is 273 g/mol. The minimum Gasteiger partial charge on any atom is -0.399 e. The van der Waals surface area contributed by atoms with Crippen LogP contribution in [0.1, 0.15) is 5.56 Å². The van der Waals surface area contributed by atoms with Crippen molar-refractivity contribution in [3.8, 4) is 0 Å². The quantitative estimate of drug-likeness (QED) is 0.565. The third-order valence-electron chi connectivity index (χ3n) is 2.59. The lowest BCUT2D eigenvalue weighted by atomic mass is 10.2. The number of alkyl halides is 3. The van der Waals surface area contributed by atoms with Crippen LogP contribution in [0.25, 0.3) is 0 Å². The van der Waals surface area contributed by atoms with Gasteiger partial charge in [-0.3, -0.25) is 4.90 Å². The minimum absolute atomic E-state index is 0.0399. The normalized spacial score (nSPS) is 12.1. The molecule has 0 atom stereocenters. The Balaban J connectivity index is 2.40. The Bertz CT molecular complexity index is 399. The molecule has 0 unspecified atom stereocenters. The lowest BCUT2D eigenvalue weighted by Crippen LogP contribution is -2.31. The second-order valence-corrected chi connectivity index (χ2v) is 4.41. The van der Waals surface area contributed by atoms with Crippen molar-refractivity contribution in [3.05, 3.63) is 29.8 Å². The Kier molecular flexibility index (Phi) is 6.77. The molecule has 3 N–H and O–H groups in total. The summed E-state index contributed by atoms with van der Waals surface area (Å²) in [4.78, 5) is 1.81. The van der Waals surface area contributed by atoms with E-state index in [0.29, 0.717) is 25.3 Å². The number of rotatable bonds is 8. The van der Waals surface area contributed by atoms with Crippen molar-refractivity contribution in [1.82, 2.24) is 4.90 Å². The van der Waals surface area contributed by atoms with Crippen molar-refractivity contribution in [2.75, 3.05) is 38.6 Å². The topological polar surface area (TPSA) is 58.7 Å². The van der Waals surface area contributed by atoms with Gasteiger partial charge in [0.15, 0.2) is 0 Å². The van der Waals surface area contributed by atoms with Gasteiger partial charge in [0.2, 0.25) is 0 Å². The van der Waals surface area contributed by atoms with Gasteiger partial charge in [-0.15, -0.1) is 0 Å². The Hall–Kier alpha value is -1.31. The minimum atomic E-state index is -4.31. The highest BCUT2D eigenvalue weighted by atomic mass is 19.4. The zero-order valence-corrected chi connectivity index (χ0v) is 11.1. The number of aliphatic hydroxyl groups excluding tert-OH is 1. The zero-order valence-electron chi connectivity index (χ0n) is 11.1. The molecule has 114 valence electrons. The van der Waals surface area contributed by atoms with E-state index in [2.05, 4.69) is 4.74 Å². The maximum atomic E-state index is 11.9. The van der Waals surface area contributed by atoms with Crippen molar-refractivity contribution < 1.29 is 23.0 Å². The van der Waals surface area contributed by atoms with Crippen LogP contribution in [0.4, 0.5) is 18.9 Å². The summed E-state index contributed by atoms with van der Waals surface area (Å²) in [6.45, 7) is -0.182. The number of hydrogen-bond acceptors (Lipinski definition) is 4. The maximum Gasteiger partial charge on any atom is 0.411 e. The van der Waals surface area contributed by atoms with Gasteiger partial charge in [0, 0.05) is 25.3 Å². The molecule has 0 aliphatic heterocycles. The average Bonchev–Trinajstić information content (AvgIpc) is 2.33. The summed E-state index contributed by atoms with van der Waals surface area (Å²) in [7, 11) is 0. The number of nitrogens with zero attached hydrogens (tertiary/aromatic N) is 1. The molecule has 0 radical (unpaired) electrons. The monoisotopic (exact) mass is 292 g/mol. The summed E-state index contributed by atoms with van der Waals surface area (Å²) in [5, 5.41) is 8.97. The van der Waals surface area contributed by atoms with E-state index in [9.17, 15) is 13.2 Å². The molecule has 4 nitrogen and oxygen atoms in total. The second kappa shape index (κ2) is 8.08. The molecule has 7 heteroatoms. The van der Waals surface area contributed by atoms with E-state index in [1.165, 1.54) is 0 Å². The van der Waals surface area contributed by atoms with E-state index in [1.807, 2.05) is 17.0 Å².